The van der Waals surface area contributed by atoms with E-state index >= 15 is 0 Å². The molecule has 0 spiro atoms. The summed E-state index contributed by atoms with van der Waals surface area (Å²) in [5, 5.41) is 12.1. The summed E-state index contributed by atoms with van der Waals surface area (Å²) in [5.74, 6) is 1.53. The van der Waals surface area contributed by atoms with Gasteiger partial charge in [-0.15, -0.1) is 0 Å². The lowest BCUT2D eigenvalue weighted by atomic mass is 10.2. The lowest BCUT2D eigenvalue weighted by Gasteiger charge is -2.05. The molecule has 0 radical (unpaired) electrons. The molecule has 16 heavy (non-hydrogen) atoms. The van der Waals surface area contributed by atoms with Crippen molar-refractivity contribution >= 4 is 11.5 Å². The van der Waals surface area contributed by atoms with Gasteiger partial charge >= 0.3 is 0 Å². The lowest BCUT2D eigenvalue weighted by Crippen LogP contribution is -2.07. The molecule has 3 N–H and O–H groups in total. The van der Waals surface area contributed by atoms with Crippen LogP contribution in [-0.4, -0.2) is 11.0 Å². The Morgan fingerprint density at radius 2 is 2.44 bits per heavy atom. The Bertz CT molecular complexity index is 422. The Kier molecular flexibility index (Phi) is 2.95. The minimum Gasteiger partial charge on any atom is -0.396 e. The number of aromatic nitrogens is 1. The van der Waals surface area contributed by atoms with Crippen LogP contribution in [0.4, 0.5) is 11.5 Å². The number of nitrogens with zero attached hydrogens (tertiary/aromatic N) is 2. The molecule has 1 aliphatic rings. The molecule has 0 amide bonds. The van der Waals surface area contributed by atoms with Crippen molar-refractivity contribution < 1.29 is 0 Å². The van der Waals surface area contributed by atoms with Crippen LogP contribution in [0.15, 0.2) is 12.1 Å². The van der Waals surface area contributed by atoms with E-state index in [2.05, 4.69) is 17.2 Å². The second kappa shape index (κ2) is 4.40. The van der Waals surface area contributed by atoms with Gasteiger partial charge in [-0.1, -0.05) is 13.3 Å². The van der Waals surface area contributed by atoms with Crippen molar-refractivity contribution in [2.24, 2.45) is 5.92 Å². The Morgan fingerprint density at radius 3 is 3.12 bits per heavy atom. The molecule has 2 unspecified atom stereocenters. The molecule has 1 aromatic rings. The zero-order valence-corrected chi connectivity index (χ0v) is 9.40. The van der Waals surface area contributed by atoms with Gasteiger partial charge in [0.15, 0.2) is 5.69 Å². The first kappa shape index (κ1) is 10.7. The molecule has 1 heterocycles. The summed E-state index contributed by atoms with van der Waals surface area (Å²) in [6.45, 7) is 2.20. The van der Waals surface area contributed by atoms with Gasteiger partial charge in [0.2, 0.25) is 0 Å². The predicted octanol–water partition coefficient (Wildman–Crippen LogP) is 2.14. The third-order valence-electron chi connectivity index (χ3n) is 2.95. The Balaban J connectivity index is 1.99. The van der Waals surface area contributed by atoms with E-state index in [4.69, 9.17) is 11.0 Å². The summed E-state index contributed by atoms with van der Waals surface area (Å²) in [7, 11) is 0. The average Bonchev–Trinajstić information content (AvgIpc) is 3.00. The molecule has 2 atom stereocenters. The maximum absolute atomic E-state index is 8.81. The van der Waals surface area contributed by atoms with Crippen LogP contribution in [0.2, 0.25) is 0 Å². The molecule has 2 rings (SSSR count). The molecule has 0 aliphatic heterocycles. The van der Waals surface area contributed by atoms with E-state index in [0.29, 0.717) is 17.4 Å². The normalized spacial score (nSPS) is 22.5. The third-order valence-corrected chi connectivity index (χ3v) is 2.95. The fraction of sp³-hybridized carbons (Fsp3) is 0.500. The molecule has 1 saturated carbocycles. The van der Waals surface area contributed by atoms with Gasteiger partial charge in [0.05, 0.1) is 5.69 Å². The molecule has 4 nitrogen and oxygen atoms in total. The van der Waals surface area contributed by atoms with E-state index in [-0.39, 0.29) is 0 Å². The summed E-state index contributed by atoms with van der Waals surface area (Å²) < 4.78 is 0. The third kappa shape index (κ3) is 2.25. The SMILES string of the molecule is CCCC1CC1Nc1ccc(N)c(C#N)n1. The van der Waals surface area contributed by atoms with E-state index in [0.717, 1.165) is 11.7 Å². The number of nitrogens with two attached hydrogens (primary N) is 1. The molecule has 0 saturated heterocycles. The van der Waals surface area contributed by atoms with Crippen LogP contribution in [0.25, 0.3) is 0 Å². The number of anilines is 2. The maximum atomic E-state index is 8.81. The van der Waals surface area contributed by atoms with Crippen LogP contribution in [-0.2, 0) is 0 Å². The number of hydrogen-bond acceptors (Lipinski definition) is 4. The minimum atomic E-state index is 0.303. The molecule has 84 valence electrons. The number of pyridine rings is 1. The Morgan fingerprint density at radius 1 is 1.62 bits per heavy atom. The van der Waals surface area contributed by atoms with Crippen molar-refractivity contribution in [2.45, 2.75) is 32.2 Å². The summed E-state index contributed by atoms with van der Waals surface area (Å²) >= 11 is 0. The van der Waals surface area contributed by atoms with Gasteiger partial charge in [0.1, 0.15) is 11.9 Å². The average molecular weight is 216 g/mol. The minimum absolute atomic E-state index is 0.303. The van der Waals surface area contributed by atoms with Crippen LogP contribution >= 0.6 is 0 Å². The molecule has 1 fully saturated rings. The number of rotatable bonds is 4. The van der Waals surface area contributed by atoms with Gasteiger partial charge in [-0.05, 0) is 30.9 Å². The highest BCUT2D eigenvalue weighted by Gasteiger charge is 2.36. The van der Waals surface area contributed by atoms with Crippen LogP contribution in [0.1, 0.15) is 31.9 Å². The van der Waals surface area contributed by atoms with E-state index in [1.807, 2.05) is 12.1 Å². The van der Waals surface area contributed by atoms with Crippen LogP contribution in [0.3, 0.4) is 0 Å². The highest BCUT2D eigenvalue weighted by atomic mass is 15.1. The van der Waals surface area contributed by atoms with Crippen molar-refractivity contribution in [2.75, 3.05) is 11.1 Å². The Labute approximate surface area is 95.5 Å². The van der Waals surface area contributed by atoms with E-state index in [9.17, 15) is 0 Å². The maximum Gasteiger partial charge on any atom is 0.165 e. The van der Waals surface area contributed by atoms with Gasteiger partial charge in [0, 0.05) is 6.04 Å². The zero-order valence-electron chi connectivity index (χ0n) is 9.40. The molecule has 0 bridgehead atoms. The van der Waals surface area contributed by atoms with Crippen molar-refractivity contribution in [3.63, 3.8) is 0 Å². The first-order valence-corrected chi connectivity index (χ1v) is 5.67. The molecular formula is C12H16N4. The second-order valence-electron chi connectivity index (χ2n) is 4.28. The van der Waals surface area contributed by atoms with Crippen LogP contribution < -0.4 is 11.1 Å². The number of nitrogen functional groups attached to an aromatic ring is 1. The van der Waals surface area contributed by atoms with Crippen LogP contribution in [0.5, 0.6) is 0 Å². The number of nitrogens with one attached hydrogen (secondary N) is 1. The summed E-state index contributed by atoms with van der Waals surface area (Å²) in [5.41, 5.74) is 6.35. The monoisotopic (exact) mass is 216 g/mol. The van der Waals surface area contributed by atoms with Gasteiger partial charge in [-0.25, -0.2) is 4.98 Å². The smallest absolute Gasteiger partial charge is 0.165 e. The predicted molar refractivity (Wildman–Crippen MR) is 63.8 cm³/mol. The summed E-state index contributed by atoms with van der Waals surface area (Å²) in [6, 6.07) is 6.08. The quantitative estimate of drug-likeness (QED) is 0.808. The molecular weight excluding hydrogens is 200 g/mol. The standard InChI is InChI=1S/C12H16N4/c1-2-3-8-6-10(8)15-12-5-4-9(14)11(7-13)16-12/h4-5,8,10H,2-3,6,14H2,1H3,(H,15,16). The van der Waals surface area contributed by atoms with Gasteiger partial charge < -0.3 is 11.1 Å². The zero-order chi connectivity index (χ0) is 11.5. The largest absolute Gasteiger partial charge is 0.396 e. The fourth-order valence-corrected chi connectivity index (χ4v) is 1.94. The van der Waals surface area contributed by atoms with Crippen molar-refractivity contribution in [1.82, 2.24) is 4.98 Å². The van der Waals surface area contributed by atoms with E-state index < -0.39 is 0 Å². The van der Waals surface area contributed by atoms with Crippen molar-refractivity contribution in [1.29, 1.82) is 5.26 Å². The molecule has 1 aromatic heterocycles. The highest BCUT2D eigenvalue weighted by Crippen LogP contribution is 2.36. The second-order valence-corrected chi connectivity index (χ2v) is 4.28. The Hall–Kier alpha value is -1.76. The fourth-order valence-electron chi connectivity index (χ4n) is 1.94. The molecule has 4 heteroatoms. The number of nitriles is 1. The molecule has 0 aromatic carbocycles. The highest BCUT2D eigenvalue weighted by molar-refractivity contribution is 5.55. The first-order chi connectivity index (χ1) is 7.74. The molecule has 1 aliphatic carbocycles. The first-order valence-electron chi connectivity index (χ1n) is 5.67. The summed E-state index contributed by atoms with van der Waals surface area (Å²) in [4.78, 5) is 4.17. The van der Waals surface area contributed by atoms with Gasteiger partial charge in [-0.2, -0.15) is 5.26 Å². The lowest BCUT2D eigenvalue weighted by molar-refractivity contribution is 0.692. The van der Waals surface area contributed by atoms with Gasteiger partial charge in [0.25, 0.3) is 0 Å². The number of hydrogen-bond donors (Lipinski definition) is 2. The van der Waals surface area contributed by atoms with Crippen LogP contribution in [0, 0.1) is 17.2 Å². The van der Waals surface area contributed by atoms with E-state index in [1.54, 1.807) is 6.07 Å². The summed E-state index contributed by atoms with van der Waals surface area (Å²) in [6.07, 6.45) is 3.70. The van der Waals surface area contributed by atoms with E-state index in [1.165, 1.54) is 19.3 Å². The van der Waals surface area contributed by atoms with Gasteiger partial charge in [-0.3, -0.25) is 0 Å². The van der Waals surface area contributed by atoms with Crippen molar-refractivity contribution in [3.05, 3.63) is 17.8 Å². The topological polar surface area (TPSA) is 74.7 Å². The van der Waals surface area contributed by atoms with Crippen molar-refractivity contribution in [3.8, 4) is 6.07 Å².